The third-order valence-electron chi connectivity index (χ3n) is 2.17. The summed E-state index contributed by atoms with van der Waals surface area (Å²) in [5.74, 6) is -1.78. The molecule has 0 saturated carbocycles. The van der Waals surface area contributed by atoms with E-state index in [0.29, 0.717) is 4.90 Å². The molecule has 1 amide bonds. The lowest BCUT2D eigenvalue weighted by Crippen LogP contribution is -2.37. The highest BCUT2D eigenvalue weighted by molar-refractivity contribution is 5.94. The number of aromatic amines is 1. The summed E-state index contributed by atoms with van der Waals surface area (Å²) < 4.78 is 4.68. The van der Waals surface area contributed by atoms with Crippen molar-refractivity contribution in [1.29, 1.82) is 0 Å². The highest BCUT2D eigenvalue weighted by Gasteiger charge is 2.32. The highest BCUT2D eigenvalue weighted by Crippen LogP contribution is 2.28. The minimum atomic E-state index is -1.37. The number of rotatable bonds is 6. The number of carbonyl (C=O) groups excluding carboxylic acids is 1. The van der Waals surface area contributed by atoms with E-state index in [1.807, 2.05) is 0 Å². The Hall–Kier alpha value is -2.91. The molecule has 1 aromatic rings. The second-order valence-corrected chi connectivity index (χ2v) is 3.62. The van der Waals surface area contributed by atoms with Crippen LogP contribution in [0.1, 0.15) is 5.69 Å². The summed E-state index contributed by atoms with van der Waals surface area (Å²) in [6.07, 6.45) is 0.211. The molecule has 0 aliphatic carbocycles. The van der Waals surface area contributed by atoms with Crippen molar-refractivity contribution in [3.8, 4) is 0 Å². The lowest BCUT2D eigenvalue weighted by Gasteiger charge is -2.16. The van der Waals surface area contributed by atoms with Gasteiger partial charge in [0.2, 0.25) is 5.82 Å². The summed E-state index contributed by atoms with van der Waals surface area (Å²) in [4.78, 5) is 33.2. The van der Waals surface area contributed by atoms with Gasteiger partial charge in [-0.3, -0.25) is 20.0 Å². The van der Waals surface area contributed by atoms with Crippen LogP contribution >= 0.6 is 0 Å². The van der Waals surface area contributed by atoms with Crippen LogP contribution in [0.5, 0.6) is 0 Å². The van der Waals surface area contributed by atoms with Crippen molar-refractivity contribution in [2.45, 2.75) is 6.92 Å². The Bertz CT molecular complexity index is 552. The first-order valence-electron chi connectivity index (χ1n) is 5.34. The molecular weight excluding hydrogens is 272 g/mol. The molecule has 0 radical (unpaired) electrons. The van der Waals surface area contributed by atoms with Crippen molar-refractivity contribution >= 4 is 23.6 Å². The van der Waals surface area contributed by atoms with E-state index in [1.165, 1.54) is 13.0 Å². The molecule has 0 aliphatic heterocycles. The topological polar surface area (TPSA) is 139 Å². The Labute approximate surface area is 112 Å². The van der Waals surface area contributed by atoms with E-state index in [9.17, 15) is 19.7 Å². The number of nitrogens with zero attached hydrogens (tertiary/aromatic N) is 3. The minimum Gasteiger partial charge on any atom is -0.480 e. The molecule has 0 aromatic carbocycles. The number of hydrogen-bond acceptors (Lipinski definition) is 6. The van der Waals surface area contributed by atoms with Gasteiger partial charge in [-0.15, -0.1) is 5.10 Å². The fourth-order valence-corrected chi connectivity index (χ4v) is 1.39. The van der Waals surface area contributed by atoms with Crippen LogP contribution in [0, 0.1) is 17.0 Å². The first-order chi connectivity index (χ1) is 9.38. The molecule has 10 nitrogen and oxygen atoms in total. The molecule has 1 heterocycles. The predicted octanol–water partition coefficient (Wildman–Crippen LogP) is 0.840. The van der Waals surface area contributed by atoms with Gasteiger partial charge >= 0.3 is 17.7 Å². The number of carboxylic acids is 1. The number of carboxylic acid groups (broad SMARTS) is 1. The maximum absolute atomic E-state index is 11.7. The van der Waals surface area contributed by atoms with Crippen LogP contribution in [0.2, 0.25) is 0 Å². The fraction of sp³-hybridized carbons (Fsp3) is 0.300. The summed E-state index contributed by atoms with van der Waals surface area (Å²) >= 11 is 0. The van der Waals surface area contributed by atoms with Crippen LogP contribution < -0.4 is 4.90 Å². The minimum absolute atomic E-state index is 0.0944. The third kappa shape index (κ3) is 3.31. The van der Waals surface area contributed by atoms with Crippen molar-refractivity contribution in [2.75, 3.05) is 18.1 Å². The van der Waals surface area contributed by atoms with Crippen LogP contribution in [0.3, 0.4) is 0 Å². The van der Waals surface area contributed by atoms with E-state index in [-0.39, 0.29) is 12.3 Å². The van der Waals surface area contributed by atoms with Gasteiger partial charge in [0.15, 0.2) is 0 Å². The summed E-state index contributed by atoms with van der Waals surface area (Å²) in [7, 11) is 0. The standard InChI is InChI=1S/C10H12N4O6/c1-3-4-20-10(17)13(5-7(15)16)9-8(14(18)19)6(2)11-12-9/h3H,1,4-5H2,2H3,(H,11,12)(H,15,16). The molecule has 2 N–H and O–H groups in total. The molecular formula is C10H12N4O6. The zero-order valence-electron chi connectivity index (χ0n) is 10.5. The lowest BCUT2D eigenvalue weighted by atomic mass is 10.3. The number of aryl methyl sites for hydroxylation is 1. The molecule has 20 heavy (non-hydrogen) atoms. The smallest absolute Gasteiger partial charge is 0.416 e. The van der Waals surface area contributed by atoms with Crippen LogP contribution in [0.4, 0.5) is 16.3 Å². The van der Waals surface area contributed by atoms with Crippen molar-refractivity contribution in [3.05, 3.63) is 28.5 Å². The summed E-state index contributed by atoms with van der Waals surface area (Å²) in [5, 5.41) is 25.6. The van der Waals surface area contributed by atoms with E-state index >= 15 is 0 Å². The molecule has 0 unspecified atom stereocenters. The molecule has 1 rings (SSSR count). The van der Waals surface area contributed by atoms with Crippen molar-refractivity contribution in [1.82, 2.24) is 10.2 Å². The number of carbonyl (C=O) groups is 2. The van der Waals surface area contributed by atoms with Gasteiger partial charge < -0.3 is 9.84 Å². The largest absolute Gasteiger partial charge is 0.480 e. The van der Waals surface area contributed by atoms with Crippen molar-refractivity contribution in [3.63, 3.8) is 0 Å². The SMILES string of the molecule is C=CCOC(=O)N(CC(=O)O)c1n[nH]c(C)c1[N+](=O)[O-]. The first-order valence-corrected chi connectivity index (χ1v) is 5.34. The van der Waals surface area contributed by atoms with Gasteiger partial charge in [0.1, 0.15) is 18.8 Å². The zero-order valence-corrected chi connectivity index (χ0v) is 10.5. The number of nitrogens with one attached hydrogen (secondary N) is 1. The zero-order chi connectivity index (χ0) is 15.3. The number of nitro groups is 1. The Morgan fingerprint density at radius 3 is 2.80 bits per heavy atom. The maximum Gasteiger partial charge on any atom is 0.416 e. The fourth-order valence-electron chi connectivity index (χ4n) is 1.39. The number of aliphatic carboxylic acids is 1. The Balaban J connectivity index is 3.17. The van der Waals surface area contributed by atoms with Crippen LogP contribution in [-0.4, -0.2) is 45.4 Å². The Morgan fingerprint density at radius 2 is 2.30 bits per heavy atom. The predicted molar refractivity (Wildman–Crippen MR) is 66.5 cm³/mol. The van der Waals surface area contributed by atoms with Crippen LogP contribution in [-0.2, 0) is 9.53 Å². The molecule has 1 aromatic heterocycles. The highest BCUT2D eigenvalue weighted by atomic mass is 16.6. The average Bonchev–Trinajstić information content (AvgIpc) is 2.74. The average molecular weight is 284 g/mol. The van der Waals surface area contributed by atoms with E-state index in [4.69, 9.17) is 5.11 Å². The second-order valence-electron chi connectivity index (χ2n) is 3.62. The maximum atomic E-state index is 11.7. The lowest BCUT2D eigenvalue weighted by molar-refractivity contribution is -0.384. The summed E-state index contributed by atoms with van der Waals surface area (Å²) in [6.45, 7) is 3.73. The van der Waals surface area contributed by atoms with E-state index in [0.717, 1.165) is 0 Å². The second kappa shape index (κ2) is 6.31. The number of ether oxygens (including phenoxy) is 1. The van der Waals surface area contributed by atoms with E-state index in [1.54, 1.807) is 0 Å². The molecule has 0 aliphatic rings. The molecule has 0 atom stereocenters. The first kappa shape index (κ1) is 15.1. The van der Waals surface area contributed by atoms with Gasteiger partial charge in [-0.1, -0.05) is 12.7 Å². The quantitative estimate of drug-likeness (QED) is 0.448. The number of H-pyrrole nitrogens is 1. The molecule has 0 spiro atoms. The molecule has 0 bridgehead atoms. The monoisotopic (exact) mass is 284 g/mol. The van der Waals surface area contributed by atoms with Crippen LogP contribution in [0.15, 0.2) is 12.7 Å². The third-order valence-corrected chi connectivity index (χ3v) is 2.17. The number of aromatic nitrogens is 2. The van der Waals surface area contributed by atoms with Gasteiger partial charge in [-0.2, -0.15) is 0 Å². The number of amides is 1. The van der Waals surface area contributed by atoms with E-state index in [2.05, 4.69) is 21.5 Å². The van der Waals surface area contributed by atoms with E-state index < -0.39 is 35.0 Å². The molecule has 108 valence electrons. The number of anilines is 1. The van der Waals surface area contributed by atoms with Gasteiger partial charge in [0.05, 0.1) is 4.92 Å². The van der Waals surface area contributed by atoms with Gasteiger partial charge in [0, 0.05) is 0 Å². The molecule has 10 heteroatoms. The summed E-state index contributed by atoms with van der Waals surface area (Å²) in [6, 6.07) is 0. The van der Waals surface area contributed by atoms with Crippen molar-refractivity contribution in [2.24, 2.45) is 0 Å². The molecule has 0 fully saturated rings. The Morgan fingerprint density at radius 1 is 1.65 bits per heavy atom. The van der Waals surface area contributed by atoms with Gasteiger partial charge in [-0.05, 0) is 6.92 Å². The van der Waals surface area contributed by atoms with Crippen molar-refractivity contribution < 1.29 is 24.4 Å². The normalized spacial score (nSPS) is 9.85. The molecule has 0 saturated heterocycles. The van der Waals surface area contributed by atoms with Crippen LogP contribution in [0.25, 0.3) is 0 Å². The van der Waals surface area contributed by atoms with Gasteiger partial charge in [0.25, 0.3) is 0 Å². The summed E-state index contributed by atoms with van der Waals surface area (Å²) in [5.41, 5.74) is -0.390. The van der Waals surface area contributed by atoms with Gasteiger partial charge in [-0.25, -0.2) is 9.69 Å². The number of hydrogen-bond donors (Lipinski definition) is 2. The Kier molecular flexibility index (Phi) is 4.78.